The van der Waals surface area contributed by atoms with E-state index in [-0.39, 0.29) is 5.41 Å². The number of hydrogen-bond donors (Lipinski definition) is 1. The molecule has 0 fully saturated rings. The van der Waals surface area contributed by atoms with Crippen molar-refractivity contribution >= 4 is 11.3 Å². The molecule has 2 unspecified atom stereocenters. The van der Waals surface area contributed by atoms with Gasteiger partial charge in [-0.05, 0) is 12.8 Å². The summed E-state index contributed by atoms with van der Waals surface area (Å²) in [5, 5.41) is 6.96. The summed E-state index contributed by atoms with van der Waals surface area (Å²) in [6.07, 6.45) is 1.22. The van der Waals surface area contributed by atoms with E-state index in [0.29, 0.717) is 6.04 Å². The van der Waals surface area contributed by atoms with E-state index in [1.54, 1.807) is 11.3 Å². The molecule has 0 saturated heterocycles. The van der Waals surface area contributed by atoms with Crippen molar-refractivity contribution in [3.8, 4) is 0 Å². The van der Waals surface area contributed by atoms with Crippen LogP contribution in [0.3, 0.4) is 0 Å². The van der Waals surface area contributed by atoms with Crippen molar-refractivity contribution in [2.24, 2.45) is 5.92 Å². The summed E-state index contributed by atoms with van der Waals surface area (Å²) in [5.41, 5.74) is 1.35. The summed E-state index contributed by atoms with van der Waals surface area (Å²) in [4.78, 5) is 4.69. The van der Waals surface area contributed by atoms with Gasteiger partial charge in [0.2, 0.25) is 0 Å². The monoisotopic (exact) mass is 254 g/mol. The number of thiazole rings is 1. The molecule has 0 saturated carbocycles. The Morgan fingerprint density at radius 2 is 2.00 bits per heavy atom. The van der Waals surface area contributed by atoms with Crippen LogP contribution in [0, 0.1) is 5.92 Å². The first-order chi connectivity index (χ1) is 7.84. The molecule has 0 bridgehead atoms. The molecule has 0 spiro atoms. The second-order valence-electron chi connectivity index (χ2n) is 5.95. The molecule has 98 valence electrons. The highest BCUT2D eigenvalue weighted by molar-refractivity contribution is 7.09. The molecule has 1 heterocycles. The molecule has 0 aliphatic rings. The van der Waals surface area contributed by atoms with Gasteiger partial charge in [0.15, 0.2) is 0 Å². The Bertz CT molecular complexity index is 338. The third-order valence-corrected chi connectivity index (χ3v) is 4.61. The molecular weight excluding hydrogens is 228 g/mol. The van der Waals surface area contributed by atoms with Gasteiger partial charge >= 0.3 is 0 Å². The van der Waals surface area contributed by atoms with Crippen LogP contribution in [0.5, 0.6) is 0 Å². The average Bonchev–Trinajstić information content (AvgIpc) is 2.72. The van der Waals surface area contributed by atoms with Gasteiger partial charge in [0.1, 0.15) is 0 Å². The van der Waals surface area contributed by atoms with E-state index in [2.05, 4.69) is 52.2 Å². The Kier molecular flexibility index (Phi) is 5.14. The molecule has 0 radical (unpaired) electrons. The first kappa shape index (κ1) is 14.7. The van der Waals surface area contributed by atoms with Gasteiger partial charge in [-0.3, -0.25) is 0 Å². The van der Waals surface area contributed by atoms with Crippen LogP contribution in [0.1, 0.15) is 58.7 Å². The third-order valence-electron chi connectivity index (χ3n) is 3.30. The molecule has 0 aromatic carbocycles. The summed E-state index contributed by atoms with van der Waals surface area (Å²) >= 11 is 1.77. The lowest BCUT2D eigenvalue weighted by Gasteiger charge is -2.19. The van der Waals surface area contributed by atoms with Gasteiger partial charge in [0, 0.05) is 23.4 Å². The van der Waals surface area contributed by atoms with E-state index < -0.39 is 0 Å². The van der Waals surface area contributed by atoms with Crippen molar-refractivity contribution in [3.63, 3.8) is 0 Å². The number of nitrogens with zero attached hydrogens (tertiary/aromatic N) is 1. The average molecular weight is 254 g/mol. The SMILES string of the molecule is CCC(C)C(C)NCc1csc(C(C)(C)C)n1. The Labute approximate surface area is 110 Å². The largest absolute Gasteiger partial charge is 0.308 e. The zero-order valence-corrected chi connectivity index (χ0v) is 12.8. The van der Waals surface area contributed by atoms with Crippen molar-refractivity contribution < 1.29 is 0 Å². The molecule has 17 heavy (non-hydrogen) atoms. The molecule has 2 nitrogen and oxygen atoms in total. The van der Waals surface area contributed by atoms with E-state index in [9.17, 15) is 0 Å². The van der Waals surface area contributed by atoms with Gasteiger partial charge in [-0.15, -0.1) is 11.3 Å². The maximum Gasteiger partial charge on any atom is 0.0982 e. The first-order valence-corrected chi connectivity index (χ1v) is 7.40. The summed E-state index contributed by atoms with van der Waals surface area (Å²) in [7, 11) is 0. The molecule has 0 amide bonds. The van der Waals surface area contributed by atoms with Gasteiger partial charge < -0.3 is 5.32 Å². The van der Waals surface area contributed by atoms with Crippen LogP contribution in [0.15, 0.2) is 5.38 Å². The highest BCUT2D eigenvalue weighted by atomic mass is 32.1. The number of hydrogen-bond acceptors (Lipinski definition) is 3. The Morgan fingerprint density at radius 3 is 2.47 bits per heavy atom. The smallest absolute Gasteiger partial charge is 0.0982 e. The number of nitrogens with one attached hydrogen (secondary N) is 1. The summed E-state index contributed by atoms with van der Waals surface area (Å²) < 4.78 is 0. The highest BCUT2D eigenvalue weighted by Crippen LogP contribution is 2.25. The topological polar surface area (TPSA) is 24.9 Å². The molecule has 0 aliphatic heterocycles. The second kappa shape index (κ2) is 5.96. The van der Waals surface area contributed by atoms with Crippen LogP contribution in [-0.2, 0) is 12.0 Å². The Balaban J connectivity index is 2.51. The fraction of sp³-hybridized carbons (Fsp3) is 0.786. The van der Waals surface area contributed by atoms with Crippen LogP contribution < -0.4 is 5.32 Å². The van der Waals surface area contributed by atoms with Gasteiger partial charge in [-0.25, -0.2) is 4.98 Å². The van der Waals surface area contributed by atoms with Crippen molar-refractivity contribution in [1.29, 1.82) is 0 Å². The Morgan fingerprint density at radius 1 is 1.35 bits per heavy atom. The first-order valence-electron chi connectivity index (χ1n) is 6.52. The van der Waals surface area contributed by atoms with Crippen molar-refractivity contribution in [2.75, 3.05) is 0 Å². The quantitative estimate of drug-likeness (QED) is 0.860. The molecular formula is C14H26N2S. The maximum atomic E-state index is 4.69. The molecule has 2 atom stereocenters. The molecule has 1 aromatic heterocycles. The van der Waals surface area contributed by atoms with Crippen LogP contribution in [0.4, 0.5) is 0 Å². The van der Waals surface area contributed by atoms with E-state index in [1.807, 2.05) is 0 Å². The van der Waals surface area contributed by atoms with Crippen molar-refractivity contribution in [3.05, 3.63) is 16.1 Å². The molecule has 1 rings (SSSR count). The van der Waals surface area contributed by atoms with Crippen molar-refractivity contribution in [1.82, 2.24) is 10.3 Å². The van der Waals surface area contributed by atoms with Crippen LogP contribution >= 0.6 is 11.3 Å². The lowest BCUT2D eigenvalue weighted by atomic mass is 9.98. The zero-order chi connectivity index (χ0) is 13.1. The maximum absolute atomic E-state index is 4.69. The van der Waals surface area contributed by atoms with Gasteiger partial charge in [-0.1, -0.05) is 41.0 Å². The Hall–Kier alpha value is -0.410. The fourth-order valence-electron chi connectivity index (χ4n) is 1.55. The molecule has 0 aliphatic carbocycles. The van der Waals surface area contributed by atoms with Gasteiger partial charge in [-0.2, -0.15) is 0 Å². The lowest BCUT2D eigenvalue weighted by Crippen LogP contribution is -2.31. The number of aromatic nitrogens is 1. The predicted octanol–water partition coefficient (Wildman–Crippen LogP) is 3.96. The molecule has 3 heteroatoms. The van der Waals surface area contributed by atoms with Crippen LogP contribution in [-0.4, -0.2) is 11.0 Å². The zero-order valence-electron chi connectivity index (χ0n) is 12.0. The minimum atomic E-state index is 0.172. The van der Waals surface area contributed by atoms with Crippen LogP contribution in [0.25, 0.3) is 0 Å². The van der Waals surface area contributed by atoms with Crippen molar-refractivity contribution in [2.45, 2.75) is 66.0 Å². The summed E-state index contributed by atoms with van der Waals surface area (Å²) in [6, 6.07) is 0.555. The standard InChI is InChI=1S/C14H26N2S/c1-7-10(2)11(3)15-8-12-9-17-13(16-12)14(4,5)6/h9-11,15H,7-8H2,1-6H3. The lowest BCUT2D eigenvalue weighted by molar-refractivity contribution is 0.388. The summed E-state index contributed by atoms with van der Waals surface area (Å²) in [6.45, 7) is 14.3. The summed E-state index contributed by atoms with van der Waals surface area (Å²) in [5.74, 6) is 0.718. The van der Waals surface area contributed by atoms with E-state index in [1.165, 1.54) is 17.1 Å². The third kappa shape index (κ3) is 4.40. The minimum Gasteiger partial charge on any atom is -0.308 e. The normalized spacial score (nSPS) is 15.9. The highest BCUT2D eigenvalue weighted by Gasteiger charge is 2.18. The number of rotatable bonds is 5. The van der Waals surface area contributed by atoms with Gasteiger partial charge in [0.25, 0.3) is 0 Å². The van der Waals surface area contributed by atoms with Gasteiger partial charge in [0.05, 0.1) is 10.7 Å². The second-order valence-corrected chi connectivity index (χ2v) is 6.81. The molecule has 1 aromatic rings. The van der Waals surface area contributed by atoms with E-state index >= 15 is 0 Å². The van der Waals surface area contributed by atoms with E-state index in [4.69, 9.17) is 4.98 Å². The molecule has 1 N–H and O–H groups in total. The predicted molar refractivity (Wildman–Crippen MR) is 76.6 cm³/mol. The van der Waals surface area contributed by atoms with E-state index in [0.717, 1.165) is 12.5 Å². The van der Waals surface area contributed by atoms with Crippen LogP contribution in [0.2, 0.25) is 0 Å². The fourth-order valence-corrected chi connectivity index (χ4v) is 2.46. The minimum absolute atomic E-state index is 0.172.